The molecule has 1 aliphatic carbocycles. The van der Waals surface area contributed by atoms with E-state index in [0.29, 0.717) is 5.41 Å². The SMILES string of the molecule is CNCC1(c2cc(F)cc(F)c2)CC2(CCOCC2)C1. The fourth-order valence-corrected chi connectivity index (χ4v) is 4.17. The molecule has 1 aromatic carbocycles. The molecule has 1 N–H and O–H groups in total. The number of likely N-dealkylation sites (N-methyl/N-ethyl adjacent to an activating group) is 1. The van der Waals surface area contributed by atoms with Crippen molar-refractivity contribution < 1.29 is 13.5 Å². The number of hydrogen-bond donors (Lipinski definition) is 1. The third kappa shape index (κ3) is 2.35. The highest BCUT2D eigenvalue weighted by molar-refractivity contribution is 5.32. The lowest BCUT2D eigenvalue weighted by molar-refractivity contribution is -0.0734. The predicted molar refractivity (Wildman–Crippen MR) is 73.7 cm³/mol. The van der Waals surface area contributed by atoms with Gasteiger partial charge in [0, 0.05) is 31.2 Å². The van der Waals surface area contributed by atoms with Gasteiger partial charge in [-0.3, -0.25) is 0 Å². The van der Waals surface area contributed by atoms with Gasteiger partial charge in [-0.15, -0.1) is 0 Å². The van der Waals surface area contributed by atoms with Crippen LogP contribution < -0.4 is 5.32 Å². The van der Waals surface area contributed by atoms with E-state index in [1.54, 1.807) is 0 Å². The first kappa shape index (κ1) is 14.0. The molecule has 1 aliphatic heterocycles. The molecule has 1 aromatic rings. The average molecular weight is 281 g/mol. The molecule has 1 spiro atoms. The van der Waals surface area contributed by atoms with E-state index in [0.717, 1.165) is 57.1 Å². The van der Waals surface area contributed by atoms with Crippen LogP contribution in [0.25, 0.3) is 0 Å². The first-order valence-corrected chi connectivity index (χ1v) is 7.27. The van der Waals surface area contributed by atoms with E-state index in [1.807, 2.05) is 7.05 Å². The largest absolute Gasteiger partial charge is 0.381 e. The van der Waals surface area contributed by atoms with Crippen LogP contribution in [0.2, 0.25) is 0 Å². The molecular formula is C16H21F2NO. The smallest absolute Gasteiger partial charge is 0.126 e. The molecule has 2 nitrogen and oxygen atoms in total. The molecule has 1 saturated carbocycles. The molecule has 1 saturated heterocycles. The third-order valence-electron chi connectivity index (χ3n) is 4.97. The minimum atomic E-state index is -0.483. The summed E-state index contributed by atoms with van der Waals surface area (Å²) < 4.78 is 32.5. The number of nitrogens with one attached hydrogen (secondary N) is 1. The Labute approximate surface area is 118 Å². The maximum absolute atomic E-state index is 13.5. The number of benzene rings is 1. The molecule has 2 aliphatic rings. The predicted octanol–water partition coefficient (Wildman–Crippen LogP) is 3.01. The van der Waals surface area contributed by atoms with Crippen molar-refractivity contribution in [1.82, 2.24) is 5.32 Å². The molecule has 0 aromatic heterocycles. The van der Waals surface area contributed by atoms with Crippen molar-refractivity contribution in [3.63, 3.8) is 0 Å². The lowest BCUT2D eigenvalue weighted by Gasteiger charge is -2.58. The zero-order valence-corrected chi connectivity index (χ0v) is 11.8. The second kappa shape index (κ2) is 5.08. The van der Waals surface area contributed by atoms with E-state index >= 15 is 0 Å². The molecule has 0 atom stereocenters. The van der Waals surface area contributed by atoms with Gasteiger partial charge in [0.1, 0.15) is 11.6 Å². The molecule has 4 heteroatoms. The zero-order valence-electron chi connectivity index (χ0n) is 11.8. The summed E-state index contributed by atoms with van der Waals surface area (Å²) >= 11 is 0. The van der Waals surface area contributed by atoms with Crippen LogP contribution in [0.1, 0.15) is 31.2 Å². The van der Waals surface area contributed by atoms with Crippen LogP contribution in [0.15, 0.2) is 18.2 Å². The van der Waals surface area contributed by atoms with Crippen molar-refractivity contribution in [3.8, 4) is 0 Å². The van der Waals surface area contributed by atoms with Crippen molar-refractivity contribution in [2.24, 2.45) is 5.41 Å². The first-order chi connectivity index (χ1) is 9.57. The number of ether oxygens (including phenoxy) is 1. The lowest BCUT2D eigenvalue weighted by atomic mass is 9.48. The van der Waals surface area contributed by atoms with E-state index in [4.69, 9.17) is 4.74 Å². The lowest BCUT2D eigenvalue weighted by Crippen LogP contribution is -2.56. The summed E-state index contributed by atoms with van der Waals surface area (Å²) in [5, 5.41) is 3.19. The maximum atomic E-state index is 13.5. The molecule has 0 unspecified atom stereocenters. The molecule has 110 valence electrons. The van der Waals surface area contributed by atoms with E-state index in [-0.39, 0.29) is 5.41 Å². The topological polar surface area (TPSA) is 21.3 Å². The summed E-state index contributed by atoms with van der Waals surface area (Å²) in [5.74, 6) is -0.966. The Morgan fingerprint density at radius 2 is 1.70 bits per heavy atom. The molecule has 20 heavy (non-hydrogen) atoms. The van der Waals surface area contributed by atoms with Crippen LogP contribution in [0, 0.1) is 17.0 Å². The highest BCUT2D eigenvalue weighted by Gasteiger charge is 2.55. The molecule has 2 fully saturated rings. The van der Waals surface area contributed by atoms with Crippen molar-refractivity contribution in [3.05, 3.63) is 35.4 Å². The minimum absolute atomic E-state index is 0.130. The second-order valence-corrected chi connectivity index (χ2v) is 6.43. The summed E-state index contributed by atoms with van der Waals surface area (Å²) in [6.07, 6.45) is 4.12. The van der Waals surface area contributed by atoms with E-state index in [9.17, 15) is 8.78 Å². The Hall–Kier alpha value is -1.00. The van der Waals surface area contributed by atoms with Crippen LogP contribution in [-0.2, 0) is 10.2 Å². The zero-order chi connectivity index (χ0) is 14.2. The highest BCUT2D eigenvalue weighted by atomic mass is 19.1. The van der Waals surface area contributed by atoms with Gasteiger partial charge in [0.25, 0.3) is 0 Å². The third-order valence-corrected chi connectivity index (χ3v) is 4.97. The van der Waals surface area contributed by atoms with Gasteiger partial charge in [0.05, 0.1) is 0 Å². The van der Waals surface area contributed by atoms with Crippen LogP contribution in [0.3, 0.4) is 0 Å². The minimum Gasteiger partial charge on any atom is -0.381 e. The van der Waals surface area contributed by atoms with Crippen LogP contribution >= 0.6 is 0 Å². The Bertz CT molecular complexity index is 469. The summed E-state index contributed by atoms with van der Waals surface area (Å²) in [5.41, 5.74) is 0.980. The van der Waals surface area contributed by atoms with Gasteiger partial charge in [-0.1, -0.05) is 0 Å². The summed E-state index contributed by atoms with van der Waals surface area (Å²) in [7, 11) is 1.90. The standard InChI is InChI=1S/C16H21F2NO/c1-19-11-16(12-6-13(17)8-14(18)7-12)9-15(10-16)2-4-20-5-3-15/h6-8,19H,2-5,9-11H2,1H3. The number of rotatable bonds is 3. The van der Waals surface area contributed by atoms with Gasteiger partial charge < -0.3 is 10.1 Å². The van der Waals surface area contributed by atoms with Crippen molar-refractivity contribution in [2.75, 3.05) is 26.8 Å². The quantitative estimate of drug-likeness (QED) is 0.919. The fourth-order valence-electron chi connectivity index (χ4n) is 4.17. The summed E-state index contributed by atoms with van der Waals surface area (Å²) in [6, 6.07) is 3.93. The Morgan fingerprint density at radius 3 is 2.25 bits per heavy atom. The number of hydrogen-bond acceptors (Lipinski definition) is 2. The average Bonchev–Trinajstić information content (AvgIpc) is 2.37. The Morgan fingerprint density at radius 1 is 1.10 bits per heavy atom. The van der Waals surface area contributed by atoms with E-state index < -0.39 is 11.6 Å². The summed E-state index contributed by atoms with van der Waals surface area (Å²) in [4.78, 5) is 0. The van der Waals surface area contributed by atoms with Gasteiger partial charge in [-0.05, 0) is 55.8 Å². The van der Waals surface area contributed by atoms with Crippen molar-refractivity contribution >= 4 is 0 Å². The first-order valence-electron chi connectivity index (χ1n) is 7.27. The van der Waals surface area contributed by atoms with Gasteiger partial charge in [0.2, 0.25) is 0 Å². The van der Waals surface area contributed by atoms with Gasteiger partial charge in [-0.25, -0.2) is 8.78 Å². The van der Waals surface area contributed by atoms with Crippen LogP contribution in [0.5, 0.6) is 0 Å². The van der Waals surface area contributed by atoms with Crippen molar-refractivity contribution in [1.29, 1.82) is 0 Å². The fraction of sp³-hybridized carbons (Fsp3) is 0.625. The van der Waals surface area contributed by atoms with E-state index in [2.05, 4.69) is 5.32 Å². The molecular weight excluding hydrogens is 260 g/mol. The number of halogens is 2. The normalized spacial score (nSPS) is 23.6. The molecule has 0 bridgehead atoms. The van der Waals surface area contributed by atoms with Crippen LogP contribution in [0.4, 0.5) is 8.78 Å². The van der Waals surface area contributed by atoms with Gasteiger partial charge in [0.15, 0.2) is 0 Å². The Kier molecular flexibility index (Phi) is 3.55. The molecule has 3 rings (SSSR count). The highest BCUT2D eigenvalue weighted by Crippen LogP contribution is 2.60. The molecule has 0 amide bonds. The van der Waals surface area contributed by atoms with Gasteiger partial charge in [-0.2, -0.15) is 0 Å². The van der Waals surface area contributed by atoms with Crippen LogP contribution in [-0.4, -0.2) is 26.8 Å². The second-order valence-electron chi connectivity index (χ2n) is 6.43. The monoisotopic (exact) mass is 281 g/mol. The summed E-state index contributed by atoms with van der Waals surface area (Å²) in [6.45, 7) is 2.39. The molecule has 1 heterocycles. The van der Waals surface area contributed by atoms with E-state index in [1.165, 1.54) is 12.1 Å². The maximum Gasteiger partial charge on any atom is 0.126 e. The molecule has 0 radical (unpaired) electrons. The Balaban J connectivity index is 1.86. The van der Waals surface area contributed by atoms with Gasteiger partial charge >= 0.3 is 0 Å². The van der Waals surface area contributed by atoms with Crippen molar-refractivity contribution in [2.45, 2.75) is 31.1 Å².